The average Bonchev–Trinajstić information content (AvgIpc) is 3.65. The Labute approximate surface area is 237 Å². The SMILES string of the molecule is CCCCC[C@H](OC(=O)c1csc([C@H]2COC(C)(C)O2)n1)[C@@H](C)C(=O)O[C@H](c1nc(C(=O)OC)cs1)C(C)C. The predicted octanol–water partition coefficient (Wildman–Crippen LogP) is 5.89. The summed E-state index contributed by atoms with van der Waals surface area (Å²) in [5.74, 6) is -3.18. The molecular formula is C27H38N2O8S2. The van der Waals surface area contributed by atoms with Crippen molar-refractivity contribution in [3.63, 3.8) is 0 Å². The van der Waals surface area contributed by atoms with Crippen LogP contribution in [0, 0.1) is 11.8 Å². The van der Waals surface area contributed by atoms with Crippen LogP contribution in [-0.2, 0) is 28.5 Å². The number of hydrogen-bond acceptors (Lipinski definition) is 12. The Hall–Kier alpha value is -2.41. The minimum Gasteiger partial charge on any atom is -0.464 e. The molecule has 2 aromatic rings. The molecule has 0 N–H and O–H groups in total. The van der Waals surface area contributed by atoms with Gasteiger partial charge in [0.25, 0.3) is 0 Å². The van der Waals surface area contributed by atoms with Gasteiger partial charge in [0.2, 0.25) is 0 Å². The number of carbonyl (C=O) groups excluding carboxylic acids is 3. The summed E-state index contributed by atoms with van der Waals surface area (Å²) < 4.78 is 27.9. The maximum absolute atomic E-state index is 13.3. The highest BCUT2D eigenvalue weighted by Crippen LogP contribution is 2.35. The molecule has 39 heavy (non-hydrogen) atoms. The van der Waals surface area contributed by atoms with E-state index in [9.17, 15) is 14.4 Å². The molecular weight excluding hydrogens is 544 g/mol. The number of ether oxygens (including phenoxy) is 5. The minimum atomic E-state index is -0.724. The first-order chi connectivity index (χ1) is 18.5. The molecule has 0 aliphatic carbocycles. The van der Waals surface area contributed by atoms with Crippen LogP contribution in [0.15, 0.2) is 10.8 Å². The van der Waals surface area contributed by atoms with E-state index in [1.54, 1.807) is 17.7 Å². The Morgan fingerprint density at radius 3 is 2.36 bits per heavy atom. The van der Waals surface area contributed by atoms with Gasteiger partial charge in [-0.15, -0.1) is 22.7 Å². The first-order valence-corrected chi connectivity index (χ1v) is 14.9. The Kier molecular flexibility index (Phi) is 11.0. The number of nitrogens with zero attached hydrogens (tertiary/aromatic N) is 2. The average molecular weight is 583 g/mol. The zero-order valence-electron chi connectivity index (χ0n) is 23.6. The molecule has 4 atom stereocenters. The highest BCUT2D eigenvalue weighted by molar-refractivity contribution is 7.10. The van der Waals surface area contributed by atoms with Crippen molar-refractivity contribution in [2.24, 2.45) is 11.8 Å². The van der Waals surface area contributed by atoms with Gasteiger partial charge in [-0.1, -0.05) is 33.6 Å². The lowest BCUT2D eigenvalue weighted by Gasteiger charge is -2.26. The van der Waals surface area contributed by atoms with Gasteiger partial charge in [0.05, 0.1) is 19.6 Å². The van der Waals surface area contributed by atoms with E-state index in [0.29, 0.717) is 23.0 Å². The van der Waals surface area contributed by atoms with Gasteiger partial charge in [0.15, 0.2) is 23.3 Å². The summed E-state index contributed by atoms with van der Waals surface area (Å²) in [6, 6.07) is 0. The number of carbonyl (C=O) groups is 3. The zero-order valence-corrected chi connectivity index (χ0v) is 25.2. The predicted molar refractivity (Wildman–Crippen MR) is 146 cm³/mol. The van der Waals surface area contributed by atoms with Gasteiger partial charge in [-0.3, -0.25) is 4.79 Å². The highest BCUT2D eigenvalue weighted by atomic mass is 32.1. The maximum atomic E-state index is 13.3. The standard InChI is InChI=1S/C27H38N2O8S2/c1-8-9-10-11-19(35-26(32)18-14-38-22(28-18)20-12-34-27(5,6)37-20)16(4)24(30)36-21(15(2)3)23-29-17(13-39-23)25(31)33-7/h13-16,19-21H,8-12H2,1-7H3/t16-,19+,20-,21+/m1/s1. The van der Waals surface area contributed by atoms with Crippen LogP contribution in [-0.4, -0.2) is 53.5 Å². The first-order valence-electron chi connectivity index (χ1n) is 13.2. The number of unbranched alkanes of at least 4 members (excludes halogenated alkanes) is 2. The van der Waals surface area contributed by atoms with Crippen molar-refractivity contribution in [1.29, 1.82) is 0 Å². The fraction of sp³-hybridized carbons (Fsp3) is 0.667. The van der Waals surface area contributed by atoms with Crippen molar-refractivity contribution in [2.75, 3.05) is 13.7 Å². The van der Waals surface area contributed by atoms with Crippen molar-refractivity contribution in [2.45, 2.75) is 91.3 Å². The Morgan fingerprint density at radius 2 is 1.74 bits per heavy atom. The van der Waals surface area contributed by atoms with Crippen LogP contribution in [0.25, 0.3) is 0 Å². The van der Waals surface area contributed by atoms with Crippen LogP contribution >= 0.6 is 22.7 Å². The molecule has 1 aliphatic heterocycles. The minimum absolute atomic E-state index is 0.0981. The molecule has 0 aromatic carbocycles. The topological polar surface area (TPSA) is 123 Å². The Balaban J connectivity index is 1.70. The van der Waals surface area contributed by atoms with Gasteiger partial charge in [-0.25, -0.2) is 19.6 Å². The first kappa shape index (κ1) is 31.1. The molecule has 10 nitrogen and oxygen atoms in total. The van der Waals surface area contributed by atoms with E-state index in [1.807, 2.05) is 27.7 Å². The van der Waals surface area contributed by atoms with Gasteiger partial charge in [0.1, 0.15) is 22.2 Å². The van der Waals surface area contributed by atoms with E-state index < -0.39 is 41.8 Å². The molecule has 0 unspecified atom stereocenters. The number of rotatable bonds is 13. The molecule has 1 saturated heterocycles. The summed E-state index contributed by atoms with van der Waals surface area (Å²) in [6.07, 6.45) is 1.53. The molecule has 1 fully saturated rings. The van der Waals surface area contributed by atoms with E-state index in [2.05, 4.69) is 16.9 Å². The lowest BCUT2D eigenvalue weighted by molar-refractivity contribution is -0.160. The number of hydrogen-bond donors (Lipinski definition) is 0. The number of methoxy groups -OCH3 is 1. The van der Waals surface area contributed by atoms with Crippen molar-refractivity contribution < 1.29 is 38.1 Å². The number of thiazole rings is 2. The van der Waals surface area contributed by atoms with Gasteiger partial charge >= 0.3 is 17.9 Å². The van der Waals surface area contributed by atoms with Gasteiger partial charge in [-0.05, 0) is 39.5 Å². The van der Waals surface area contributed by atoms with E-state index in [4.69, 9.17) is 23.7 Å². The lowest BCUT2D eigenvalue weighted by atomic mass is 9.98. The second-order valence-corrected chi connectivity index (χ2v) is 12.1. The van der Waals surface area contributed by atoms with Crippen molar-refractivity contribution in [3.8, 4) is 0 Å². The normalized spacial score (nSPS) is 18.9. The Bertz CT molecular complexity index is 1130. The van der Waals surface area contributed by atoms with Gasteiger partial charge < -0.3 is 23.7 Å². The monoisotopic (exact) mass is 582 g/mol. The van der Waals surface area contributed by atoms with Crippen LogP contribution in [0.5, 0.6) is 0 Å². The number of aromatic nitrogens is 2. The molecule has 3 rings (SSSR count). The third kappa shape index (κ3) is 8.29. The summed E-state index contributed by atoms with van der Waals surface area (Å²) >= 11 is 2.53. The summed E-state index contributed by atoms with van der Waals surface area (Å²) in [5, 5.41) is 4.35. The number of esters is 3. The van der Waals surface area contributed by atoms with Gasteiger partial charge in [-0.2, -0.15) is 0 Å². The molecule has 0 radical (unpaired) electrons. The molecule has 0 amide bonds. The lowest BCUT2D eigenvalue weighted by Crippen LogP contribution is -2.33. The summed E-state index contributed by atoms with van der Waals surface area (Å²) in [7, 11) is 1.28. The molecule has 0 bridgehead atoms. The zero-order chi connectivity index (χ0) is 28.7. The quantitative estimate of drug-likeness (QED) is 0.160. The van der Waals surface area contributed by atoms with Crippen LogP contribution in [0.1, 0.15) is 110 Å². The second kappa shape index (κ2) is 13.8. The fourth-order valence-corrected chi connectivity index (χ4v) is 5.80. The summed E-state index contributed by atoms with van der Waals surface area (Å²) in [4.78, 5) is 46.9. The van der Waals surface area contributed by atoms with Crippen LogP contribution in [0.2, 0.25) is 0 Å². The van der Waals surface area contributed by atoms with Crippen molar-refractivity contribution in [3.05, 3.63) is 32.2 Å². The van der Waals surface area contributed by atoms with E-state index in [-0.39, 0.29) is 23.4 Å². The third-order valence-electron chi connectivity index (χ3n) is 6.30. The second-order valence-electron chi connectivity index (χ2n) is 10.3. The van der Waals surface area contributed by atoms with Crippen LogP contribution in [0.3, 0.4) is 0 Å². The summed E-state index contributed by atoms with van der Waals surface area (Å²) in [6.45, 7) is 11.6. The van der Waals surface area contributed by atoms with E-state index in [0.717, 1.165) is 19.3 Å². The maximum Gasteiger partial charge on any atom is 0.358 e. The van der Waals surface area contributed by atoms with Crippen molar-refractivity contribution >= 4 is 40.6 Å². The summed E-state index contributed by atoms with van der Waals surface area (Å²) in [5.41, 5.74) is 0.335. The molecule has 0 saturated carbocycles. The molecule has 0 spiro atoms. The molecule has 2 aromatic heterocycles. The molecule has 3 heterocycles. The third-order valence-corrected chi connectivity index (χ3v) is 8.15. The van der Waals surface area contributed by atoms with E-state index >= 15 is 0 Å². The highest BCUT2D eigenvalue weighted by Gasteiger charge is 2.37. The smallest absolute Gasteiger partial charge is 0.358 e. The molecule has 1 aliphatic rings. The molecule has 216 valence electrons. The fourth-order valence-electron chi connectivity index (χ4n) is 4.01. The largest absolute Gasteiger partial charge is 0.464 e. The molecule has 12 heteroatoms. The van der Waals surface area contributed by atoms with Crippen molar-refractivity contribution in [1.82, 2.24) is 9.97 Å². The van der Waals surface area contributed by atoms with E-state index in [1.165, 1.54) is 29.8 Å². The van der Waals surface area contributed by atoms with Gasteiger partial charge in [0, 0.05) is 10.8 Å². The van der Waals surface area contributed by atoms with Crippen LogP contribution in [0.4, 0.5) is 0 Å². The van der Waals surface area contributed by atoms with Crippen LogP contribution < -0.4 is 0 Å². The Morgan fingerprint density at radius 1 is 1.05 bits per heavy atom.